The van der Waals surface area contributed by atoms with E-state index in [1.807, 2.05) is 6.07 Å². The van der Waals surface area contributed by atoms with Crippen LogP contribution in [0.1, 0.15) is 5.56 Å². The van der Waals surface area contributed by atoms with Crippen molar-refractivity contribution in [1.29, 1.82) is 5.26 Å². The second kappa shape index (κ2) is 2.64. The van der Waals surface area contributed by atoms with E-state index in [0.717, 1.165) is 17.6 Å². The molecule has 0 amide bonds. The minimum absolute atomic E-state index is 0.153. The van der Waals surface area contributed by atoms with Crippen LogP contribution in [-0.2, 0) is 9.84 Å². The summed E-state index contributed by atoms with van der Waals surface area (Å²) in [6.45, 7) is 0. The van der Waals surface area contributed by atoms with E-state index in [0.29, 0.717) is 0 Å². The molecule has 0 aliphatic heterocycles. The van der Waals surface area contributed by atoms with Gasteiger partial charge in [0.25, 0.3) is 0 Å². The van der Waals surface area contributed by atoms with Gasteiger partial charge < -0.3 is 0 Å². The molecule has 0 unspecified atom stereocenters. The molecule has 1 aromatic heterocycles. The molecule has 0 atom stereocenters. The van der Waals surface area contributed by atoms with Crippen molar-refractivity contribution in [1.82, 2.24) is 0 Å². The summed E-state index contributed by atoms with van der Waals surface area (Å²) in [5.41, 5.74) is 0.234. The number of rotatable bonds is 1. The zero-order valence-corrected chi connectivity index (χ0v) is 7.37. The molecule has 5 heteroatoms. The van der Waals surface area contributed by atoms with Crippen molar-refractivity contribution in [3.05, 3.63) is 17.0 Å². The summed E-state index contributed by atoms with van der Waals surface area (Å²) in [5, 5.41) is 10.1. The first kappa shape index (κ1) is 8.24. The van der Waals surface area contributed by atoms with Gasteiger partial charge in [0.15, 0.2) is 9.84 Å². The Morgan fingerprint density at radius 1 is 1.64 bits per heavy atom. The lowest BCUT2D eigenvalue weighted by Gasteiger charge is -1.90. The van der Waals surface area contributed by atoms with E-state index in [-0.39, 0.29) is 9.77 Å². The third-order valence-corrected chi connectivity index (χ3v) is 3.88. The summed E-state index contributed by atoms with van der Waals surface area (Å²) in [5.74, 6) is 0. The van der Waals surface area contributed by atoms with E-state index in [9.17, 15) is 8.42 Å². The van der Waals surface area contributed by atoms with Crippen LogP contribution in [0.5, 0.6) is 0 Å². The van der Waals surface area contributed by atoms with Crippen LogP contribution in [0.15, 0.2) is 15.7 Å². The Morgan fingerprint density at radius 2 is 2.27 bits per heavy atom. The Hall–Kier alpha value is -0.860. The van der Waals surface area contributed by atoms with Gasteiger partial charge >= 0.3 is 0 Å². The molecule has 0 aliphatic rings. The van der Waals surface area contributed by atoms with Crippen LogP contribution in [0.2, 0.25) is 0 Å². The molecule has 0 fully saturated rings. The van der Waals surface area contributed by atoms with E-state index in [1.165, 1.54) is 6.07 Å². The van der Waals surface area contributed by atoms with Gasteiger partial charge in [-0.3, -0.25) is 0 Å². The van der Waals surface area contributed by atoms with E-state index in [4.69, 9.17) is 5.26 Å². The SMILES string of the molecule is CS(=O)(=O)c1sccc1C#N. The maximum Gasteiger partial charge on any atom is 0.186 e. The summed E-state index contributed by atoms with van der Waals surface area (Å²) < 4.78 is 22.0. The van der Waals surface area contributed by atoms with Gasteiger partial charge in [-0.05, 0) is 11.4 Å². The molecule has 0 aromatic carbocycles. The average molecular weight is 187 g/mol. The number of nitrogens with zero attached hydrogens (tertiary/aromatic N) is 1. The van der Waals surface area contributed by atoms with Crippen molar-refractivity contribution in [2.24, 2.45) is 0 Å². The fourth-order valence-corrected chi connectivity index (χ4v) is 2.61. The van der Waals surface area contributed by atoms with Gasteiger partial charge in [-0.15, -0.1) is 11.3 Å². The lowest BCUT2D eigenvalue weighted by Crippen LogP contribution is -1.95. The van der Waals surface area contributed by atoms with Crippen LogP contribution < -0.4 is 0 Å². The van der Waals surface area contributed by atoms with Crippen LogP contribution in [0.3, 0.4) is 0 Å². The average Bonchev–Trinajstić information content (AvgIpc) is 2.31. The highest BCUT2D eigenvalue weighted by Crippen LogP contribution is 2.21. The number of hydrogen-bond donors (Lipinski definition) is 0. The fraction of sp³-hybridized carbons (Fsp3) is 0.167. The van der Waals surface area contributed by atoms with Gasteiger partial charge in [0.2, 0.25) is 0 Å². The third-order valence-electron chi connectivity index (χ3n) is 1.09. The summed E-state index contributed by atoms with van der Waals surface area (Å²) in [4.78, 5) is 0. The zero-order valence-electron chi connectivity index (χ0n) is 5.73. The Bertz CT molecular complexity index is 396. The molecular weight excluding hydrogens is 182 g/mol. The molecule has 0 N–H and O–H groups in total. The highest BCUT2D eigenvalue weighted by molar-refractivity contribution is 7.92. The number of sulfone groups is 1. The number of nitriles is 1. The lowest BCUT2D eigenvalue weighted by atomic mass is 10.4. The molecule has 11 heavy (non-hydrogen) atoms. The maximum atomic E-state index is 10.9. The predicted molar refractivity (Wildman–Crippen MR) is 42.1 cm³/mol. The largest absolute Gasteiger partial charge is 0.223 e. The molecule has 58 valence electrons. The lowest BCUT2D eigenvalue weighted by molar-refractivity contribution is 0.603. The van der Waals surface area contributed by atoms with Crippen LogP contribution in [-0.4, -0.2) is 14.7 Å². The van der Waals surface area contributed by atoms with Crippen molar-refractivity contribution in [2.45, 2.75) is 4.21 Å². The number of thiophene rings is 1. The quantitative estimate of drug-likeness (QED) is 0.659. The second-order valence-electron chi connectivity index (χ2n) is 2.01. The topological polar surface area (TPSA) is 57.9 Å². The normalized spacial score (nSPS) is 10.9. The molecule has 1 rings (SSSR count). The van der Waals surface area contributed by atoms with Crippen molar-refractivity contribution in [3.8, 4) is 6.07 Å². The van der Waals surface area contributed by atoms with Crippen molar-refractivity contribution in [2.75, 3.05) is 6.26 Å². The summed E-state index contributed by atoms with van der Waals surface area (Å²) in [6.07, 6.45) is 1.10. The molecular formula is C6H5NO2S2. The molecule has 0 spiro atoms. The highest BCUT2D eigenvalue weighted by atomic mass is 32.2. The monoisotopic (exact) mass is 187 g/mol. The molecule has 1 heterocycles. The Kier molecular flexibility index (Phi) is 1.98. The standard InChI is InChI=1S/C6H5NO2S2/c1-11(8,9)6-5(4-7)2-3-10-6/h2-3H,1H3. The van der Waals surface area contributed by atoms with Gasteiger partial charge in [0, 0.05) is 6.26 Å². The Balaban J connectivity index is 3.39. The third kappa shape index (κ3) is 1.59. The maximum absolute atomic E-state index is 10.9. The van der Waals surface area contributed by atoms with Crippen LogP contribution >= 0.6 is 11.3 Å². The van der Waals surface area contributed by atoms with E-state index in [2.05, 4.69) is 0 Å². The fourth-order valence-electron chi connectivity index (χ4n) is 0.665. The predicted octanol–water partition coefficient (Wildman–Crippen LogP) is 1.02. The summed E-state index contributed by atoms with van der Waals surface area (Å²) in [6, 6.07) is 3.31. The first-order valence-corrected chi connectivity index (χ1v) is 5.50. The molecule has 0 saturated carbocycles. The molecule has 0 bridgehead atoms. The van der Waals surface area contributed by atoms with E-state index in [1.54, 1.807) is 5.38 Å². The summed E-state index contributed by atoms with van der Waals surface area (Å²) >= 11 is 1.07. The summed E-state index contributed by atoms with van der Waals surface area (Å²) in [7, 11) is -3.21. The van der Waals surface area contributed by atoms with Crippen LogP contribution in [0.25, 0.3) is 0 Å². The molecule has 3 nitrogen and oxygen atoms in total. The highest BCUT2D eigenvalue weighted by Gasteiger charge is 2.13. The molecule has 1 aromatic rings. The zero-order chi connectivity index (χ0) is 8.48. The van der Waals surface area contributed by atoms with Gasteiger partial charge in [0.05, 0.1) is 5.56 Å². The van der Waals surface area contributed by atoms with Gasteiger partial charge in [-0.25, -0.2) is 8.42 Å². The minimum atomic E-state index is -3.21. The van der Waals surface area contributed by atoms with Crippen LogP contribution in [0, 0.1) is 11.3 Å². The van der Waals surface area contributed by atoms with Crippen molar-refractivity contribution >= 4 is 21.2 Å². The van der Waals surface area contributed by atoms with E-state index >= 15 is 0 Å². The molecule has 0 aliphatic carbocycles. The number of hydrogen-bond acceptors (Lipinski definition) is 4. The van der Waals surface area contributed by atoms with Gasteiger partial charge in [-0.2, -0.15) is 5.26 Å². The minimum Gasteiger partial charge on any atom is -0.223 e. The first-order valence-electron chi connectivity index (χ1n) is 2.73. The van der Waals surface area contributed by atoms with Gasteiger partial charge in [0.1, 0.15) is 10.3 Å². The second-order valence-corrected chi connectivity index (χ2v) is 5.13. The smallest absolute Gasteiger partial charge is 0.186 e. The molecule has 0 radical (unpaired) electrons. The van der Waals surface area contributed by atoms with Crippen LogP contribution in [0.4, 0.5) is 0 Å². The van der Waals surface area contributed by atoms with Gasteiger partial charge in [-0.1, -0.05) is 0 Å². The molecule has 0 saturated heterocycles. The van der Waals surface area contributed by atoms with E-state index < -0.39 is 9.84 Å². The van der Waals surface area contributed by atoms with Crippen molar-refractivity contribution < 1.29 is 8.42 Å². The Labute approximate surface area is 68.8 Å². The first-order chi connectivity index (χ1) is 5.05. The van der Waals surface area contributed by atoms with Crippen molar-refractivity contribution in [3.63, 3.8) is 0 Å². The Morgan fingerprint density at radius 3 is 2.64 bits per heavy atom.